The van der Waals surface area contributed by atoms with E-state index < -0.39 is 0 Å². The van der Waals surface area contributed by atoms with Gasteiger partial charge in [0.25, 0.3) is 0 Å². The number of aromatic nitrogens is 1. The van der Waals surface area contributed by atoms with Crippen molar-refractivity contribution in [3.63, 3.8) is 0 Å². The van der Waals surface area contributed by atoms with E-state index in [0.717, 1.165) is 22.1 Å². The molecule has 0 amide bonds. The van der Waals surface area contributed by atoms with E-state index in [1.54, 1.807) is 6.20 Å². The summed E-state index contributed by atoms with van der Waals surface area (Å²) in [5.74, 6) is 0.691. The van der Waals surface area contributed by atoms with Crippen molar-refractivity contribution in [2.75, 3.05) is 6.54 Å². The van der Waals surface area contributed by atoms with Crippen LogP contribution in [0.5, 0.6) is 5.88 Å². The molecule has 0 bridgehead atoms. The molecule has 0 aliphatic heterocycles. The molecular weight excluding hydrogens is 316 g/mol. The monoisotopic (exact) mass is 334 g/mol. The van der Waals surface area contributed by atoms with Crippen molar-refractivity contribution in [1.82, 2.24) is 10.3 Å². The number of hydrogen-bond acceptors (Lipinski definition) is 3. The molecule has 20 heavy (non-hydrogen) atoms. The number of hydrogen-bond donors (Lipinski definition) is 1. The molecule has 0 spiro atoms. The Bertz CT molecular complexity index is 560. The zero-order valence-electron chi connectivity index (χ0n) is 11.8. The van der Waals surface area contributed by atoms with Crippen molar-refractivity contribution in [3.05, 3.63) is 58.2 Å². The maximum absolute atomic E-state index is 5.89. The van der Waals surface area contributed by atoms with Crippen molar-refractivity contribution in [1.29, 1.82) is 0 Å². The molecule has 2 aromatic rings. The minimum absolute atomic E-state index is 0.225. The molecule has 0 saturated carbocycles. The molecule has 106 valence electrons. The van der Waals surface area contributed by atoms with Gasteiger partial charge in [-0.1, -0.05) is 47.1 Å². The Labute approximate surface area is 128 Å². The Morgan fingerprint density at radius 1 is 1.25 bits per heavy atom. The second-order valence-corrected chi connectivity index (χ2v) is 5.41. The molecule has 1 aromatic heterocycles. The first-order valence-electron chi connectivity index (χ1n) is 6.77. The van der Waals surface area contributed by atoms with Gasteiger partial charge in [0, 0.05) is 27.8 Å². The van der Waals surface area contributed by atoms with E-state index in [4.69, 9.17) is 4.74 Å². The minimum atomic E-state index is 0.225. The first kappa shape index (κ1) is 15.0. The predicted molar refractivity (Wildman–Crippen MR) is 84.8 cm³/mol. The number of nitrogens with zero attached hydrogens (tertiary/aromatic N) is 1. The Morgan fingerprint density at radius 2 is 2.05 bits per heavy atom. The third-order valence-electron chi connectivity index (χ3n) is 3.10. The number of ether oxygens (including phenoxy) is 1. The Balaban J connectivity index is 2.12. The van der Waals surface area contributed by atoms with Gasteiger partial charge in [0.1, 0.15) is 6.61 Å². The van der Waals surface area contributed by atoms with Gasteiger partial charge in [-0.05, 0) is 25.6 Å². The van der Waals surface area contributed by atoms with Crippen molar-refractivity contribution in [2.24, 2.45) is 0 Å². The molecule has 0 radical (unpaired) electrons. The second kappa shape index (κ2) is 7.41. The fourth-order valence-electron chi connectivity index (χ4n) is 2.03. The van der Waals surface area contributed by atoms with Crippen LogP contribution in [0.3, 0.4) is 0 Å². The lowest BCUT2D eigenvalue weighted by Gasteiger charge is -2.16. The van der Waals surface area contributed by atoms with Crippen LogP contribution in [0.15, 0.2) is 47.1 Å². The fraction of sp³-hybridized carbons (Fsp3) is 0.312. The maximum atomic E-state index is 5.89. The topological polar surface area (TPSA) is 34.2 Å². The van der Waals surface area contributed by atoms with Gasteiger partial charge in [-0.3, -0.25) is 0 Å². The van der Waals surface area contributed by atoms with Crippen molar-refractivity contribution in [2.45, 2.75) is 26.5 Å². The number of pyridine rings is 1. The maximum Gasteiger partial charge on any atom is 0.218 e. The highest BCUT2D eigenvalue weighted by atomic mass is 79.9. The summed E-state index contributed by atoms with van der Waals surface area (Å²) in [6, 6.07) is 12.3. The highest BCUT2D eigenvalue weighted by Gasteiger charge is 2.12. The van der Waals surface area contributed by atoms with Gasteiger partial charge in [0.05, 0.1) is 0 Å². The number of nitrogens with one attached hydrogen (secondary N) is 1. The van der Waals surface area contributed by atoms with Crippen LogP contribution in [-0.2, 0) is 6.61 Å². The lowest BCUT2D eigenvalue weighted by atomic mass is 10.1. The van der Waals surface area contributed by atoms with Gasteiger partial charge < -0.3 is 10.1 Å². The minimum Gasteiger partial charge on any atom is -0.473 e. The second-order valence-electron chi connectivity index (χ2n) is 4.56. The summed E-state index contributed by atoms with van der Waals surface area (Å²) in [6.07, 6.45) is 1.76. The van der Waals surface area contributed by atoms with E-state index >= 15 is 0 Å². The van der Waals surface area contributed by atoms with Gasteiger partial charge in [-0.2, -0.15) is 0 Å². The van der Waals surface area contributed by atoms with Crippen LogP contribution in [0.1, 0.15) is 31.0 Å². The molecule has 0 aliphatic rings. The number of rotatable bonds is 6. The summed E-state index contributed by atoms with van der Waals surface area (Å²) in [5.41, 5.74) is 2.20. The van der Waals surface area contributed by atoms with Crippen LogP contribution in [0.4, 0.5) is 0 Å². The summed E-state index contributed by atoms with van der Waals surface area (Å²) in [6.45, 7) is 5.63. The molecule has 2 rings (SSSR count). The zero-order valence-corrected chi connectivity index (χ0v) is 13.4. The quantitative estimate of drug-likeness (QED) is 0.863. The normalized spacial score (nSPS) is 12.2. The van der Waals surface area contributed by atoms with Gasteiger partial charge in [0.15, 0.2) is 0 Å². The third kappa shape index (κ3) is 3.81. The molecule has 0 aliphatic carbocycles. The SMILES string of the molecule is CCNC(C)c1cccnc1OCc1ccccc1Br. The summed E-state index contributed by atoms with van der Waals surface area (Å²) in [5, 5.41) is 3.38. The van der Waals surface area contributed by atoms with E-state index in [9.17, 15) is 0 Å². The molecule has 1 aromatic carbocycles. The molecule has 3 nitrogen and oxygen atoms in total. The predicted octanol–water partition coefficient (Wildman–Crippen LogP) is 4.09. The van der Waals surface area contributed by atoms with Crippen LogP contribution >= 0.6 is 15.9 Å². The van der Waals surface area contributed by atoms with E-state index in [2.05, 4.69) is 46.1 Å². The van der Waals surface area contributed by atoms with Gasteiger partial charge in [0.2, 0.25) is 5.88 Å². The standard InChI is InChI=1S/C16H19BrN2O/c1-3-18-12(2)14-8-6-10-19-16(14)20-11-13-7-4-5-9-15(13)17/h4-10,12,18H,3,11H2,1-2H3. The molecule has 0 saturated heterocycles. The van der Waals surface area contributed by atoms with Crippen molar-refractivity contribution >= 4 is 15.9 Å². The van der Waals surface area contributed by atoms with Crippen molar-refractivity contribution in [3.8, 4) is 5.88 Å². The smallest absolute Gasteiger partial charge is 0.218 e. The molecular formula is C16H19BrN2O. The van der Waals surface area contributed by atoms with Gasteiger partial charge in [-0.15, -0.1) is 0 Å². The zero-order chi connectivity index (χ0) is 14.4. The van der Waals surface area contributed by atoms with E-state index in [1.807, 2.05) is 30.3 Å². The van der Waals surface area contributed by atoms with E-state index in [0.29, 0.717) is 12.5 Å². The first-order chi connectivity index (χ1) is 9.72. The molecule has 4 heteroatoms. The van der Waals surface area contributed by atoms with Gasteiger partial charge in [-0.25, -0.2) is 4.98 Å². The molecule has 1 unspecified atom stereocenters. The van der Waals surface area contributed by atoms with Crippen LogP contribution in [0.2, 0.25) is 0 Å². The van der Waals surface area contributed by atoms with Crippen LogP contribution in [0, 0.1) is 0 Å². The number of halogens is 1. The molecule has 0 fully saturated rings. The van der Waals surface area contributed by atoms with Crippen LogP contribution in [-0.4, -0.2) is 11.5 Å². The lowest BCUT2D eigenvalue weighted by Crippen LogP contribution is -2.18. The van der Waals surface area contributed by atoms with Gasteiger partial charge >= 0.3 is 0 Å². The van der Waals surface area contributed by atoms with Crippen molar-refractivity contribution < 1.29 is 4.74 Å². The average molecular weight is 335 g/mol. The highest BCUT2D eigenvalue weighted by molar-refractivity contribution is 9.10. The summed E-state index contributed by atoms with van der Waals surface area (Å²) >= 11 is 3.53. The summed E-state index contributed by atoms with van der Waals surface area (Å²) in [7, 11) is 0. The third-order valence-corrected chi connectivity index (χ3v) is 3.87. The Kier molecular flexibility index (Phi) is 5.56. The fourth-order valence-corrected chi connectivity index (χ4v) is 2.43. The highest BCUT2D eigenvalue weighted by Crippen LogP contribution is 2.24. The lowest BCUT2D eigenvalue weighted by molar-refractivity contribution is 0.286. The Hall–Kier alpha value is -1.39. The van der Waals surface area contributed by atoms with Crippen LogP contribution < -0.4 is 10.1 Å². The van der Waals surface area contributed by atoms with Crippen LogP contribution in [0.25, 0.3) is 0 Å². The van der Waals surface area contributed by atoms with E-state index in [-0.39, 0.29) is 6.04 Å². The largest absolute Gasteiger partial charge is 0.473 e. The Morgan fingerprint density at radius 3 is 2.80 bits per heavy atom. The average Bonchev–Trinajstić information content (AvgIpc) is 2.47. The molecule has 1 N–H and O–H groups in total. The summed E-state index contributed by atoms with van der Waals surface area (Å²) < 4.78 is 6.94. The van der Waals surface area contributed by atoms with E-state index in [1.165, 1.54) is 0 Å². The molecule has 1 heterocycles. The molecule has 1 atom stereocenters. The number of benzene rings is 1. The first-order valence-corrected chi connectivity index (χ1v) is 7.56. The summed E-state index contributed by atoms with van der Waals surface area (Å²) in [4.78, 5) is 4.35.